The summed E-state index contributed by atoms with van der Waals surface area (Å²) in [6.45, 7) is 1.97. The van der Waals surface area contributed by atoms with Crippen LogP contribution in [-0.4, -0.2) is 31.0 Å². The molecule has 0 fully saturated rings. The zero-order valence-electron chi connectivity index (χ0n) is 14.3. The van der Waals surface area contributed by atoms with Crippen molar-refractivity contribution in [1.82, 2.24) is 4.90 Å². The molecule has 0 aliphatic rings. The van der Waals surface area contributed by atoms with Crippen molar-refractivity contribution in [2.75, 3.05) is 19.5 Å². The van der Waals surface area contributed by atoms with E-state index in [1.54, 1.807) is 32.2 Å². The lowest BCUT2D eigenvalue weighted by Gasteiger charge is -2.19. The number of benzene rings is 2. The highest BCUT2D eigenvalue weighted by Crippen LogP contribution is 2.19. The van der Waals surface area contributed by atoms with Gasteiger partial charge in [-0.3, -0.25) is 4.79 Å². The maximum Gasteiger partial charge on any atom is 0.321 e. The first-order valence-corrected chi connectivity index (χ1v) is 7.56. The number of carbonyl (C=O) groups is 2. The summed E-state index contributed by atoms with van der Waals surface area (Å²) >= 11 is 0. The second-order valence-corrected chi connectivity index (χ2v) is 5.65. The Hall–Kier alpha value is -3.09. The first-order chi connectivity index (χ1) is 11.8. The van der Waals surface area contributed by atoms with E-state index in [0.717, 1.165) is 5.56 Å². The van der Waals surface area contributed by atoms with E-state index in [-0.39, 0.29) is 12.3 Å². The van der Waals surface area contributed by atoms with Gasteiger partial charge in [0.05, 0.1) is 7.11 Å². The molecular weight excluding hydrogens is 325 g/mol. The SMILES string of the molecule is COc1ccc(CN(C)C(=O)Nc2ccc(C)c(C(N)=O)c2)cc1F. The van der Waals surface area contributed by atoms with Gasteiger partial charge in [0.1, 0.15) is 0 Å². The molecule has 2 aromatic carbocycles. The fourth-order valence-electron chi connectivity index (χ4n) is 2.34. The summed E-state index contributed by atoms with van der Waals surface area (Å²) in [5.74, 6) is -0.899. The Morgan fingerprint density at radius 2 is 1.96 bits per heavy atom. The van der Waals surface area contributed by atoms with Gasteiger partial charge in [0, 0.05) is 24.8 Å². The Bertz CT molecular complexity index is 808. The van der Waals surface area contributed by atoms with Crippen LogP contribution >= 0.6 is 0 Å². The second kappa shape index (κ2) is 7.65. The number of hydrogen-bond acceptors (Lipinski definition) is 3. The molecular formula is C18H20FN3O3. The number of nitrogens with two attached hydrogens (primary N) is 1. The van der Waals surface area contributed by atoms with Gasteiger partial charge in [-0.25, -0.2) is 9.18 Å². The monoisotopic (exact) mass is 345 g/mol. The number of methoxy groups -OCH3 is 1. The maximum absolute atomic E-state index is 13.7. The fourth-order valence-corrected chi connectivity index (χ4v) is 2.34. The van der Waals surface area contributed by atoms with E-state index >= 15 is 0 Å². The van der Waals surface area contributed by atoms with Crippen molar-refractivity contribution in [3.63, 3.8) is 0 Å². The van der Waals surface area contributed by atoms with Gasteiger partial charge in [-0.15, -0.1) is 0 Å². The van der Waals surface area contributed by atoms with Gasteiger partial charge in [-0.05, 0) is 42.3 Å². The largest absolute Gasteiger partial charge is 0.494 e. The quantitative estimate of drug-likeness (QED) is 0.874. The van der Waals surface area contributed by atoms with Crippen LogP contribution in [0, 0.1) is 12.7 Å². The molecule has 0 bridgehead atoms. The van der Waals surface area contributed by atoms with Crippen LogP contribution < -0.4 is 15.8 Å². The predicted molar refractivity (Wildman–Crippen MR) is 93.1 cm³/mol. The molecule has 25 heavy (non-hydrogen) atoms. The standard InChI is InChI=1S/C18H20FN3O3/c1-11-4-6-13(9-14(11)17(20)23)21-18(24)22(2)10-12-5-7-16(25-3)15(19)8-12/h4-9H,10H2,1-3H3,(H2,20,23)(H,21,24). The predicted octanol–water partition coefficient (Wildman–Crippen LogP) is 2.91. The number of rotatable bonds is 5. The zero-order chi connectivity index (χ0) is 18.6. The Balaban J connectivity index is 2.06. The van der Waals surface area contributed by atoms with Crippen molar-refractivity contribution in [3.8, 4) is 5.75 Å². The number of urea groups is 1. The first kappa shape index (κ1) is 18.3. The van der Waals surface area contributed by atoms with Gasteiger partial charge in [-0.1, -0.05) is 12.1 Å². The fraction of sp³-hybridized carbons (Fsp3) is 0.222. The third-order valence-corrected chi connectivity index (χ3v) is 3.74. The Labute approximate surface area is 145 Å². The van der Waals surface area contributed by atoms with Crippen LogP contribution in [0.2, 0.25) is 0 Å². The van der Waals surface area contributed by atoms with Crippen LogP contribution in [-0.2, 0) is 6.54 Å². The average molecular weight is 345 g/mol. The number of carbonyl (C=O) groups excluding carboxylic acids is 2. The zero-order valence-corrected chi connectivity index (χ0v) is 14.3. The van der Waals surface area contributed by atoms with Crippen LogP contribution in [0.5, 0.6) is 5.75 Å². The molecule has 0 atom stereocenters. The van der Waals surface area contributed by atoms with E-state index in [2.05, 4.69) is 5.32 Å². The van der Waals surface area contributed by atoms with E-state index in [9.17, 15) is 14.0 Å². The molecule has 0 saturated heterocycles. The van der Waals surface area contributed by atoms with Gasteiger partial charge >= 0.3 is 6.03 Å². The maximum atomic E-state index is 13.7. The Kier molecular flexibility index (Phi) is 5.59. The summed E-state index contributed by atoms with van der Waals surface area (Å²) in [4.78, 5) is 25.0. The molecule has 2 rings (SSSR count). The molecule has 0 aliphatic heterocycles. The molecule has 0 unspecified atom stereocenters. The normalized spacial score (nSPS) is 10.2. The minimum absolute atomic E-state index is 0.148. The molecule has 132 valence electrons. The van der Waals surface area contributed by atoms with Crippen molar-refractivity contribution in [1.29, 1.82) is 0 Å². The minimum atomic E-state index is -0.560. The van der Waals surface area contributed by atoms with Crippen molar-refractivity contribution in [2.45, 2.75) is 13.5 Å². The molecule has 3 N–H and O–H groups in total. The van der Waals surface area contributed by atoms with E-state index in [0.29, 0.717) is 16.8 Å². The number of anilines is 1. The number of nitrogens with zero attached hydrogens (tertiary/aromatic N) is 1. The molecule has 0 radical (unpaired) electrons. The average Bonchev–Trinajstić information content (AvgIpc) is 2.56. The number of halogens is 1. The van der Waals surface area contributed by atoms with Crippen molar-refractivity contribution in [2.24, 2.45) is 5.73 Å². The second-order valence-electron chi connectivity index (χ2n) is 5.65. The van der Waals surface area contributed by atoms with Gasteiger partial charge in [-0.2, -0.15) is 0 Å². The number of hydrogen-bond donors (Lipinski definition) is 2. The first-order valence-electron chi connectivity index (χ1n) is 7.56. The van der Waals surface area contributed by atoms with E-state index in [4.69, 9.17) is 10.5 Å². The summed E-state index contributed by atoms with van der Waals surface area (Å²) in [5, 5.41) is 2.68. The van der Waals surface area contributed by atoms with Crippen molar-refractivity contribution >= 4 is 17.6 Å². The molecule has 0 aliphatic carbocycles. The minimum Gasteiger partial charge on any atom is -0.494 e. The summed E-state index contributed by atoms with van der Waals surface area (Å²) in [5.41, 5.74) is 7.46. The molecule has 6 nitrogen and oxygen atoms in total. The van der Waals surface area contributed by atoms with Crippen LogP contribution in [0.25, 0.3) is 0 Å². The lowest BCUT2D eigenvalue weighted by molar-refractivity contribution is 0.0999. The van der Waals surface area contributed by atoms with Gasteiger partial charge < -0.3 is 20.7 Å². The van der Waals surface area contributed by atoms with E-state index in [1.165, 1.54) is 30.2 Å². The summed E-state index contributed by atoms with van der Waals surface area (Å²) < 4.78 is 18.6. The van der Waals surface area contributed by atoms with Crippen LogP contribution in [0.3, 0.4) is 0 Å². The lowest BCUT2D eigenvalue weighted by atomic mass is 10.1. The number of primary amides is 1. The molecule has 0 heterocycles. The number of aryl methyl sites for hydroxylation is 1. The molecule has 7 heteroatoms. The van der Waals surface area contributed by atoms with Crippen LogP contribution in [0.15, 0.2) is 36.4 Å². The van der Waals surface area contributed by atoms with E-state index in [1.807, 2.05) is 0 Å². The third-order valence-electron chi connectivity index (χ3n) is 3.74. The number of nitrogens with one attached hydrogen (secondary N) is 1. The van der Waals surface area contributed by atoms with Gasteiger partial charge in [0.15, 0.2) is 11.6 Å². The highest BCUT2D eigenvalue weighted by Gasteiger charge is 2.13. The molecule has 0 spiro atoms. The smallest absolute Gasteiger partial charge is 0.321 e. The highest BCUT2D eigenvalue weighted by atomic mass is 19.1. The Morgan fingerprint density at radius 3 is 2.56 bits per heavy atom. The number of ether oxygens (including phenoxy) is 1. The van der Waals surface area contributed by atoms with Gasteiger partial charge in [0.2, 0.25) is 5.91 Å². The lowest BCUT2D eigenvalue weighted by Crippen LogP contribution is -2.31. The molecule has 2 aromatic rings. The highest BCUT2D eigenvalue weighted by molar-refractivity contribution is 5.97. The molecule has 0 aromatic heterocycles. The van der Waals surface area contributed by atoms with Crippen LogP contribution in [0.1, 0.15) is 21.5 Å². The van der Waals surface area contributed by atoms with Crippen molar-refractivity contribution in [3.05, 3.63) is 58.9 Å². The Morgan fingerprint density at radius 1 is 1.24 bits per heavy atom. The number of amides is 3. The summed E-state index contributed by atoms with van der Waals surface area (Å²) in [6, 6.07) is 9.03. The molecule has 3 amide bonds. The van der Waals surface area contributed by atoms with Gasteiger partial charge in [0.25, 0.3) is 0 Å². The summed E-state index contributed by atoms with van der Waals surface area (Å²) in [7, 11) is 2.97. The van der Waals surface area contributed by atoms with Crippen molar-refractivity contribution < 1.29 is 18.7 Å². The topological polar surface area (TPSA) is 84.7 Å². The van der Waals surface area contributed by atoms with E-state index < -0.39 is 17.8 Å². The van der Waals surface area contributed by atoms with Crippen LogP contribution in [0.4, 0.5) is 14.9 Å². The third kappa shape index (κ3) is 4.47. The molecule has 0 saturated carbocycles. The summed E-state index contributed by atoms with van der Waals surface area (Å²) in [6.07, 6.45) is 0.